The van der Waals surface area contributed by atoms with Crippen molar-refractivity contribution in [2.75, 3.05) is 13.6 Å². The molecular weight excluding hydrogens is 250 g/mol. The first kappa shape index (κ1) is 14.2. The van der Waals surface area contributed by atoms with Gasteiger partial charge in [0.2, 0.25) is 0 Å². The standard InChI is InChI=1S/C17H19NO2/c1-18-11-5-8-14-9-10-16(19)17(12-14)20-13-15-6-3-2-4-7-15/h2-10,12,18-19H,11,13H2,1H3. The van der Waals surface area contributed by atoms with Crippen molar-refractivity contribution >= 4 is 6.08 Å². The first-order chi connectivity index (χ1) is 9.79. The van der Waals surface area contributed by atoms with Crippen LogP contribution < -0.4 is 10.1 Å². The molecule has 3 nitrogen and oxygen atoms in total. The monoisotopic (exact) mass is 269 g/mol. The van der Waals surface area contributed by atoms with Gasteiger partial charge in [0.1, 0.15) is 6.61 Å². The third kappa shape index (κ3) is 4.14. The number of hydrogen-bond donors (Lipinski definition) is 2. The molecule has 0 spiro atoms. The zero-order valence-corrected chi connectivity index (χ0v) is 11.5. The molecule has 3 heteroatoms. The van der Waals surface area contributed by atoms with Gasteiger partial charge in [0.05, 0.1) is 0 Å². The molecule has 2 N–H and O–H groups in total. The van der Waals surface area contributed by atoms with Crippen molar-refractivity contribution in [1.29, 1.82) is 0 Å². The predicted molar refractivity (Wildman–Crippen MR) is 81.8 cm³/mol. The maximum absolute atomic E-state index is 9.82. The van der Waals surface area contributed by atoms with Gasteiger partial charge in [0.25, 0.3) is 0 Å². The summed E-state index contributed by atoms with van der Waals surface area (Å²) in [5.74, 6) is 0.659. The smallest absolute Gasteiger partial charge is 0.162 e. The van der Waals surface area contributed by atoms with Crippen molar-refractivity contribution in [3.8, 4) is 11.5 Å². The molecule has 0 aliphatic carbocycles. The maximum Gasteiger partial charge on any atom is 0.162 e. The van der Waals surface area contributed by atoms with E-state index in [1.165, 1.54) is 0 Å². The Balaban J connectivity index is 2.05. The minimum absolute atomic E-state index is 0.159. The number of benzene rings is 2. The highest BCUT2D eigenvalue weighted by Crippen LogP contribution is 2.28. The van der Waals surface area contributed by atoms with E-state index in [0.29, 0.717) is 12.4 Å². The Hall–Kier alpha value is -2.26. The molecule has 0 radical (unpaired) electrons. The summed E-state index contributed by atoms with van der Waals surface area (Å²) in [7, 11) is 1.90. The summed E-state index contributed by atoms with van der Waals surface area (Å²) in [4.78, 5) is 0. The van der Waals surface area contributed by atoms with Gasteiger partial charge in [-0.1, -0.05) is 48.6 Å². The van der Waals surface area contributed by atoms with Crippen LogP contribution in [0.3, 0.4) is 0 Å². The summed E-state index contributed by atoms with van der Waals surface area (Å²) in [6.45, 7) is 1.25. The van der Waals surface area contributed by atoms with Gasteiger partial charge in [-0.3, -0.25) is 0 Å². The van der Waals surface area contributed by atoms with E-state index in [2.05, 4.69) is 5.32 Å². The maximum atomic E-state index is 9.82. The van der Waals surface area contributed by atoms with Gasteiger partial charge in [-0.05, 0) is 30.3 Å². The Morgan fingerprint density at radius 3 is 2.70 bits per heavy atom. The van der Waals surface area contributed by atoms with E-state index in [1.54, 1.807) is 6.07 Å². The number of likely N-dealkylation sites (N-methyl/N-ethyl adjacent to an activating group) is 1. The first-order valence-electron chi connectivity index (χ1n) is 6.60. The van der Waals surface area contributed by atoms with Gasteiger partial charge in [0, 0.05) is 6.54 Å². The predicted octanol–water partition coefficient (Wildman–Crippen LogP) is 3.20. The second kappa shape index (κ2) is 7.36. The average molecular weight is 269 g/mol. The topological polar surface area (TPSA) is 41.5 Å². The summed E-state index contributed by atoms with van der Waals surface area (Å²) < 4.78 is 5.67. The number of ether oxygens (including phenoxy) is 1. The van der Waals surface area contributed by atoms with Crippen molar-refractivity contribution < 1.29 is 9.84 Å². The molecule has 2 rings (SSSR count). The van der Waals surface area contributed by atoms with Crippen molar-refractivity contribution in [1.82, 2.24) is 5.32 Å². The first-order valence-corrected chi connectivity index (χ1v) is 6.60. The molecule has 0 aliphatic heterocycles. The fourth-order valence-electron chi connectivity index (χ4n) is 1.80. The molecule has 0 aliphatic rings. The van der Waals surface area contributed by atoms with E-state index in [1.807, 2.05) is 61.7 Å². The highest BCUT2D eigenvalue weighted by atomic mass is 16.5. The molecule has 0 saturated carbocycles. The number of phenolic OH excluding ortho intramolecular Hbond substituents is 1. The zero-order valence-electron chi connectivity index (χ0n) is 11.5. The van der Waals surface area contributed by atoms with Gasteiger partial charge in [-0.25, -0.2) is 0 Å². The number of rotatable bonds is 6. The van der Waals surface area contributed by atoms with Crippen molar-refractivity contribution in [2.45, 2.75) is 6.61 Å². The molecule has 0 bridgehead atoms. The Morgan fingerprint density at radius 2 is 1.95 bits per heavy atom. The number of hydrogen-bond acceptors (Lipinski definition) is 3. The molecule has 0 unspecified atom stereocenters. The van der Waals surface area contributed by atoms with Crippen LogP contribution >= 0.6 is 0 Å². The minimum atomic E-state index is 0.159. The molecule has 0 aromatic heterocycles. The summed E-state index contributed by atoms with van der Waals surface area (Å²) in [5, 5.41) is 12.9. The third-order valence-electron chi connectivity index (χ3n) is 2.85. The third-order valence-corrected chi connectivity index (χ3v) is 2.85. The normalized spacial score (nSPS) is 10.8. The van der Waals surface area contributed by atoms with Gasteiger partial charge >= 0.3 is 0 Å². The van der Waals surface area contributed by atoms with E-state index in [-0.39, 0.29) is 5.75 Å². The van der Waals surface area contributed by atoms with Gasteiger partial charge in [-0.15, -0.1) is 0 Å². The molecule has 0 saturated heterocycles. The SMILES string of the molecule is CNCC=Cc1ccc(O)c(OCc2ccccc2)c1. The number of phenols is 1. The molecule has 0 amide bonds. The summed E-state index contributed by atoms with van der Waals surface area (Å²) in [5.41, 5.74) is 2.07. The fraction of sp³-hybridized carbons (Fsp3) is 0.176. The van der Waals surface area contributed by atoms with Gasteiger partial charge in [0.15, 0.2) is 11.5 Å². The van der Waals surface area contributed by atoms with E-state index in [4.69, 9.17) is 4.74 Å². The van der Waals surface area contributed by atoms with Crippen molar-refractivity contribution in [3.63, 3.8) is 0 Å². The molecule has 20 heavy (non-hydrogen) atoms. The van der Waals surface area contributed by atoms with E-state index >= 15 is 0 Å². The Morgan fingerprint density at radius 1 is 1.15 bits per heavy atom. The van der Waals surface area contributed by atoms with Crippen LogP contribution in [0.1, 0.15) is 11.1 Å². The summed E-state index contributed by atoms with van der Waals surface area (Å²) in [6, 6.07) is 15.2. The highest BCUT2D eigenvalue weighted by Gasteiger charge is 2.03. The van der Waals surface area contributed by atoms with Crippen molar-refractivity contribution in [3.05, 3.63) is 65.7 Å². The molecular formula is C17H19NO2. The fourth-order valence-corrected chi connectivity index (χ4v) is 1.80. The lowest BCUT2D eigenvalue weighted by atomic mass is 10.2. The highest BCUT2D eigenvalue weighted by molar-refractivity contribution is 5.55. The minimum Gasteiger partial charge on any atom is -0.504 e. The van der Waals surface area contributed by atoms with Crippen LogP contribution in [-0.2, 0) is 6.61 Å². The average Bonchev–Trinajstić information content (AvgIpc) is 2.49. The number of aromatic hydroxyl groups is 1. The second-order valence-corrected chi connectivity index (χ2v) is 4.46. The molecule has 2 aromatic rings. The Labute approximate surface area is 119 Å². The lowest BCUT2D eigenvalue weighted by molar-refractivity contribution is 0.289. The van der Waals surface area contributed by atoms with Crippen molar-refractivity contribution in [2.24, 2.45) is 0 Å². The quantitative estimate of drug-likeness (QED) is 0.846. The number of nitrogens with one attached hydrogen (secondary N) is 1. The zero-order chi connectivity index (χ0) is 14.2. The van der Waals surface area contributed by atoms with Crippen LogP contribution in [0.2, 0.25) is 0 Å². The lowest BCUT2D eigenvalue weighted by Crippen LogP contribution is -2.03. The van der Waals surface area contributed by atoms with Crippen LogP contribution in [0.5, 0.6) is 11.5 Å². The van der Waals surface area contributed by atoms with E-state index in [0.717, 1.165) is 17.7 Å². The van der Waals surface area contributed by atoms with Crippen LogP contribution in [0.4, 0.5) is 0 Å². The van der Waals surface area contributed by atoms with Crippen LogP contribution in [0.25, 0.3) is 6.08 Å². The van der Waals surface area contributed by atoms with Gasteiger partial charge < -0.3 is 15.2 Å². The largest absolute Gasteiger partial charge is 0.504 e. The Kier molecular flexibility index (Phi) is 5.21. The van der Waals surface area contributed by atoms with E-state index in [9.17, 15) is 5.11 Å². The van der Waals surface area contributed by atoms with Gasteiger partial charge in [-0.2, -0.15) is 0 Å². The second-order valence-electron chi connectivity index (χ2n) is 4.46. The molecule has 2 aromatic carbocycles. The van der Waals surface area contributed by atoms with Crippen LogP contribution in [0.15, 0.2) is 54.6 Å². The summed E-state index contributed by atoms with van der Waals surface area (Å²) in [6.07, 6.45) is 4.01. The van der Waals surface area contributed by atoms with E-state index < -0.39 is 0 Å². The molecule has 0 heterocycles. The lowest BCUT2D eigenvalue weighted by Gasteiger charge is -2.09. The molecule has 0 fully saturated rings. The molecule has 104 valence electrons. The summed E-state index contributed by atoms with van der Waals surface area (Å²) >= 11 is 0. The van der Waals surface area contributed by atoms with Crippen LogP contribution in [0, 0.1) is 0 Å². The van der Waals surface area contributed by atoms with Crippen LogP contribution in [-0.4, -0.2) is 18.7 Å². The molecule has 0 atom stereocenters. The Bertz CT molecular complexity index is 564.